The quantitative estimate of drug-likeness (QED) is 0.581. The number of halogens is 1. The minimum absolute atomic E-state index is 0.211. The predicted octanol–water partition coefficient (Wildman–Crippen LogP) is 5.31. The Morgan fingerprint density at radius 2 is 1.74 bits per heavy atom. The molecule has 5 heteroatoms. The first kappa shape index (κ1) is 19.0. The van der Waals surface area contributed by atoms with E-state index in [0.717, 1.165) is 17.7 Å². The highest BCUT2D eigenvalue weighted by Crippen LogP contribution is 2.27. The van der Waals surface area contributed by atoms with Crippen LogP contribution in [0.5, 0.6) is 11.5 Å². The van der Waals surface area contributed by atoms with E-state index >= 15 is 0 Å². The fraction of sp³-hybridized carbons (Fsp3) is 0.136. The Balaban J connectivity index is 1.85. The zero-order chi connectivity index (χ0) is 19.2. The number of rotatable bonds is 6. The van der Waals surface area contributed by atoms with Gasteiger partial charge in [-0.1, -0.05) is 30.3 Å². The maximum absolute atomic E-state index is 12.7. The van der Waals surface area contributed by atoms with Crippen molar-refractivity contribution in [3.05, 3.63) is 87.9 Å². The molecular formula is C22H20BrNO3. The lowest BCUT2D eigenvalue weighted by molar-refractivity contribution is 0.102. The van der Waals surface area contributed by atoms with Gasteiger partial charge in [-0.2, -0.15) is 0 Å². The Morgan fingerprint density at radius 1 is 0.963 bits per heavy atom. The Bertz CT molecular complexity index is 942. The van der Waals surface area contributed by atoms with Gasteiger partial charge in [0.2, 0.25) is 0 Å². The average Bonchev–Trinajstić information content (AvgIpc) is 2.69. The SMILES string of the molecule is COc1ccc(Br)c(C(=O)Nc2ccc(OC)c(Cc3ccccc3)c2)c1. The molecule has 0 aliphatic rings. The Kier molecular flexibility index (Phi) is 6.14. The second-order valence-electron chi connectivity index (χ2n) is 5.99. The number of nitrogens with one attached hydrogen (secondary N) is 1. The number of methoxy groups -OCH3 is 2. The Hall–Kier alpha value is -2.79. The number of ether oxygens (including phenoxy) is 2. The molecule has 0 heterocycles. The largest absolute Gasteiger partial charge is 0.497 e. The van der Waals surface area contributed by atoms with Crippen molar-refractivity contribution in [3.8, 4) is 11.5 Å². The summed E-state index contributed by atoms with van der Waals surface area (Å²) in [6.45, 7) is 0. The van der Waals surface area contributed by atoms with E-state index in [9.17, 15) is 4.79 Å². The molecule has 0 aliphatic carbocycles. The van der Waals surface area contributed by atoms with Crippen molar-refractivity contribution in [1.82, 2.24) is 0 Å². The van der Waals surface area contributed by atoms with Crippen LogP contribution in [-0.2, 0) is 6.42 Å². The van der Waals surface area contributed by atoms with E-state index in [0.29, 0.717) is 21.5 Å². The standard InChI is InChI=1S/C22H20BrNO3/c1-26-18-9-10-20(23)19(14-18)22(25)24-17-8-11-21(27-2)16(13-17)12-15-6-4-3-5-7-15/h3-11,13-14H,12H2,1-2H3,(H,24,25). The van der Waals surface area contributed by atoms with Crippen LogP contribution < -0.4 is 14.8 Å². The van der Waals surface area contributed by atoms with Gasteiger partial charge in [-0.3, -0.25) is 4.79 Å². The van der Waals surface area contributed by atoms with Crippen molar-refractivity contribution in [1.29, 1.82) is 0 Å². The van der Waals surface area contributed by atoms with Gasteiger partial charge in [-0.25, -0.2) is 0 Å². The molecule has 3 aromatic rings. The number of amides is 1. The molecule has 0 saturated heterocycles. The topological polar surface area (TPSA) is 47.6 Å². The third-order valence-electron chi connectivity index (χ3n) is 4.19. The monoisotopic (exact) mass is 425 g/mol. The molecule has 0 aromatic heterocycles. The molecule has 1 N–H and O–H groups in total. The summed E-state index contributed by atoms with van der Waals surface area (Å²) in [5.74, 6) is 1.21. The Morgan fingerprint density at radius 3 is 2.44 bits per heavy atom. The summed E-state index contributed by atoms with van der Waals surface area (Å²) in [4.78, 5) is 12.7. The highest BCUT2D eigenvalue weighted by molar-refractivity contribution is 9.10. The first-order valence-corrected chi connectivity index (χ1v) is 9.25. The van der Waals surface area contributed by atoms with Gasteiger partial charge in [0, 0.05) is 22.1 Å². The minimum atomic E-state index is -0.211. The molecule has 1 amide bonds. The third kappa shape index (κ3) is 4.68. The molecule has 0 saturated carbocycles. The number of carbonyl (C=O) groups is 1. The Labute approximate surface area is 167 Å². The van der Waals surface area contributed by atoms with Crippen LogP contribution in [0, 0.1) is 0 Å². The zero-order valence-corrected chi connectivity index (χ0v) is 16.7. The molecule has 27 heavy (non-hydrogen) atoms. The number of hydrogen-bond donors (Lipinski definition) is 1. The average molecular weight is 426 g/mol. The molecule has 0 radical (unpaired) electrons. The van der Waals surface area contributed by atoms with E-state index in [2.05, 4.69) is 33.4 Å². The summed E-state index contributed by atoms with van der Waals surface area (Å²) in [7, 11) is 3.22. The maximum atomic E-state index is 12.7. The smallest absolute Gasteiger partial charge is 0.256 e. The van der Waals surface area contributed by atoms with Crippen molar-refractivity contribution < 1.29 is 14.3 Å². The van der Waals surface area contributed by atoms with Gasteiger partial charge in [0.1, 0.15) is 11.5 Å². The number of hydrogen-bond acceptors (Lipinski definition) is 3. The van der Waals surface area contributed by atoms with Crippen LogP contribution in [0.4, 0.5) is 5.69 Å². The number of carbonyl (C=O) groups excluding carboxylic acids is 1. The van der Waals surface area contributed by atoms with E-state index in [-0.39, 0.29) is 5.91 Å². The molecule has 0 fully saturated rings. The summed E-state index contributed by atoms with van der Waals surface area (Å²) >= 11 is 3.42. The van der Waals surface area contributed by atoms with Crippen LogP contribution in [0.25, 0.3) is 0 Å². The van der Waals surface area contributed by atoms with Crippen LogP contribution in [0.2, 0.25) is 0 Å². The second kappa shape index (κ2) is 8.73. The minimum Gasteiger partial charge on any atom is -0.497 e. The molecule has 3 rings (SSSR count). The van der Waals surface area contributed by atoms with E-state index in [1.54, 1.807) is 32.4 Å². The molecule has 4 nitrogen and oxygen atoms in total. The van der Waals surface area contributed by atoms with Crippen LogP contribution in [0.15, 0.2) is 71.2 Å². The second-order valence-corrected chi connectivity index (χ2v) is 6.84. The first-order chi connectivity index (χ1) is 13.1. The van der Waals surface area contributed by atoms with Crippen molar-refractivity contribution >= 4 is 27.5 Å². The van der Waals surface area contributed by atoms with Crippen molar-refractivity contribution in [2.24, 2.45) is 0 Å². The van der Waals surface area contributed by atoms with Crippen molar-refractivity contribution in [2.75, 3.05) is 19.5 Å². The van der Waals surface area contributed by atoms with Gasteiger partial charge in [-0.05, 0) is 57.9 Å². The van der Waals surface area contributed by atoms with Crippen LogP contribution >= 0.6 is 15.9 Å². The highest BCUT2D eigenvalue weighted by Gasteiger charge is 2.13. The molecule has 0 unspecified atom stereocenters. The van der Waals surface area contributed by atoms with Gasteiger partial charge in [-0.15, -0.1) is 0 Å². The van der Waals surface area contributed by atoms with Gasteiger partial charge in [0.05, 0.1) is 19.8 Å². The van der Waals surface area contributed by atoms with E-state index in [1.165, 1.54) is 5.56 Å². The molecule has 0 atom stereocenters. The van der Waals surface area contributed by atoms with E-state index in [1.807, 2.05) is 36.4 Å². The molecule has 0 spiro atoms. The first-order valence-electron chi connectivity index (χ1n) is 8.46. The van der Waals surface area contributed by atoms with Crippen molar-refractivity contribution in [2.45, 2.75) is 6.42 Å². The third-order valence-corrected chi connectivity index (χ3v) is 4.89. The lowest BCUT2D eigenvalue weighted by Crippen LogP contribution is -2.13. The van der Waals surface area contributed by atoms with Gasteiger partial charge in [0.25, 0.3) is 5.91 Å². The molecular weight excluding hydrogens is 406 g/mol. The fourth-order valence-corrected chi connectivity index (χ4v) is 3.24. The number of benzene rings is 3. The zero-order valence-electron chi connectivity index (χ0n) is 15.2. The van der Waals surface area contributed by atoms with E-state index < -0.39 is 0 Å². The molecule has 3 aromatic carbocycles. The van der Waals surface area contributed by atoms with E-state index in [4.69, 9.17) is 9.47 Å². The molecule has 0 aliphatic heterocycles. The fourth-order valence-electron chi connectivity index (χ4n) is 2.81. The van der Waals surface area contributed by atoms with Gasteiger partial charge < -0.3 is 14.8 Å². The summed E-state index contributed by atoms with van der Waals surface area (Å²) in [5, 5.41) is 2.95. The number of anilines is 1. The predicted molar refractivity (Wildman–Crippen MR) is 111 cm³/mol. The van der Waals surface area contributed by atoms with Crippen molar-refractivity contribution in [3.63, 3.8) is 0 Å². The van der Waals surface area contributed by atoms with Crippen LogP contribution in [0.1, 0.15) is 21.5 Å². The van der Waals surface area contributed by atoms with Gasteiger partial charge >= 0.3 is 0 Å². The summed E-state index contributed by atoms with van der Waals surface area (Å²) < 4.78 is 11.4. The lowest BCUT2D eigenvalue weighted by atomic mass is 10.0. The summed E-state index contributed by atoms with van der Waals surface area (Å²) in [5.41, 5.74) is 3.40. The molecule has 138 valence electrons. The van der Waals surface area contributed by atoms with Crippen LogP contribution in [0.3, 0.4) is 0 Å². The molecule has 0 bridgehead atoms. The lowest BCUT2D eigenvalue weighted by Gasteiger charge is -2.13. The maximum Gasteiger partial charge on any atom is 0.256 e. The highest BCUT2D eigenvalue weighted by atomic mass is 79.9. The summed E-state index contributed by atoms with van der Waals surface area (Å²) in [6, 6.07) is 21.1. The summed E-state index contributed by atoms with van der Waals surface area (Å²) in [6.07, 6.45) is 0.719. The normalized spacial score (nSPS) is 10.3. The van der Waals surface area contributed by atoms with Gasteiger partial charge in [0.15, 0.2) is 0 Å². The van der Waals surface area contributed by atoms with Crippen LogP contribution in [-0.4, -0.2) is 20.1 Å².